The van der Waals surface area contributed by atoms with Crippen molar-refractivity contribution >= 4 is 136 Å². The largest absolute Gasteiger partial charge is 0.139 e. The van der Waals surface area contributed by atoms with E-state index in [4.69, 9.17) is 0 Å². The van der Waals surface area contributed by atoms with Gasteiger partial charge in [0.25, 0.3) is 0 Å². The van der Waals surface area contributed by atoms with Crippen LogP contribution in [0, 0.1) is 0 Å². The van der Waals surface area contributed by atoms with Gasteiger partial charge in [-0.05, 0) is 195 Å². The van der Waals surface area contributed by atoms with Crippen molar-refractivity contribution in [2.24, 2.45) is 0 Å². The summed E-state index contributed by atoms with van der Waals surface area (Å²) in [6, 6.07) is 46.6. The lowest BCUT2D eigenvalue weighted by molar-refractivity contribution is 1.14. The van der Waals surface area contributed by atoms with Crippen molar-refractivity contribution in [3.63, 3.8) is 0 Å². The SMILES string of the molecule is CCc1ccc(-c2cc(CC)c(-c3ccc(-c4ccc(-c5sc(-c6ccc(CC)s6)cc5CC)s4)s3)s2)s1.CCc1ccc(-c2ccc(-c3cc(CC)c(-c4sc(-c5ccc(-c6ccc(CC)s6)s5)cc4CC)s3)s2)s1. The van der Waals surface area contributed by atoms with E-state index in [0.717, 1.165) is 51.4 Å². The van der Waals surface area contributed by atoms with Gasteiger partial charge in [-0.25, -0.2) is 0 Å². The molecule has 0 aromatic carbocycles. The summed E-state index contributed by atoms with van der Waals surface area (Å²) in [6.07, 6.45) is 8.71. The summed E-state index contributed by atoms with van der Waals surface area (Å²) in [7, 11) is 0. The Morgan fingerprint density at radius 3 is 0.645 bits per heavy atom. The first-order valence-corrected chi connectivity index (χ1v) is 36.3. The van der Waals surface area contributed by atoms with Crippen LogP contribution < -0.4 is 0 Å². The molecule has 12 rings (SSSR count). The van der Waals surface area contributed by atoms with Gasteiger partial charge in [0.15, 0.2) is 0 Å². The predicted octanol–water partition coefficient (Wildman–Crippen LogP) is 25.3. The quantitative estimate of drug-likeness (QED) is 0.0803. The molecule has 0 atom stereocenters. The molecule has 0 saturated heterocycles. The second-order valence-electron chi connectivity index (χ2n) is 18.4. The number of hydrogen-bond acceptors (Lipinski definition) is 12. The summed E-state index contributed by atoms with van der Waals surface area (Å²) in [5.74, 6) is 0. The third kappa shape index (κ3) is 11.4. The van der Waals surface area contributed by atoms with E-state index < -0.39 is 0 Å². The molecule has 0 aliphatic rings. The summed E-state index contributed by atoms with van der Waals surface area (Å²) in [6.45, 7) is 18.1. The van der Waals surface area contributed by atoms with Crippen LogP contribution in [-0.4, -0.2) is 0 Å². The first kappa shape index (κ1) is 54.4. The van der Waals surface area contributed by atoms with Crippen molar-refractivity contribution < 1.29 is 0 Å². The fourth-order valence-corrected chi connectivity index (χ4v) is 23.2. The molecule has 0 fully saturated rings. The maximum atomic E-state index is 2.45. The topological polar surface area (TPSA) is 0 Å². The van der Waals surface area contributed by atoms with Crippen molar-refractivity contribution in [2.75, 3.05) is 0 Å². The minimum absolute atomic E-state index is 1.06. The molecule has 388 valence electrons. The van der Waals surface area contributed by atoms with Crippen LogP contribution >= 0.6 is 136 Å². The fraction of sp³-hybridized carbons (Fsp3) is 0.250. The van der Waals surface area contributed by atoms with E-state index in [9.17, 15) is 0 Å². The predicted molar refractivity (Wildman–Crippen MR) is 357 cm³/mol. The number of aryl methyl sites for hydroxylation is 8. The summed E-state index contributed by atoms with van der Waals surface area (Å²) in [5, 5.41) is 0. The second kappa shape index (κ2) is 24.4. The number of hydrogen-bond donors (Lipinski definition) is 0. The molecule has 0 aliphatic carbocycles. The van der Waals surface area contributed by atoms with Crippen LogP contribution in [0.5, 0.6) is 0 Å². The molecule has 12 heterocycles. The molecular formula is C64H60S12. The van der Waals surface area contributed by atoms with Crippen molar-refractivity contribution in [1.82, 2.24) is 0 Å². The van der Waals surface area contributed by atoms with Crippen molar-refractivity contribution in [2.45, 2.75) is 107 Å². The monoisotopic (exact) mass is 1210 g/mol. The molecule has 0 amide bonds. The van der Waals surface area contributed by atoms with Crippen molar-refractivity contribution in [3.8, 4) is 97.5 Å². The summed E-state index contributed by atoms with van der Waals surface area (Å²) in [5.41, 5.74) is 5.89. The zero-order valence-electron chi connectivity index (χ0n) is 44.1. The number of rotatable bonds is 18. The standard InChI is InChI=1S/2C32H30S6/c1-5-19-17-29(25-11-9-21(7-3)33-25)37-31(19)27-15-13-23(35-27)24-14-16-28(36-24)32-20(6-2)18-30(38-32)26-12-10-22(8-4)34-26;1-5-19-17-29(27-15-13-25(35-27)23-11-9-21(7-3)33-23)37-31(19)32-20(6-2)18-30(38-32)28-16-14-26(36-28)24-12-10-22(8-4)34-24/h2*9-18H,5-8H2,1-4H3. The molecule has 0 spiro atoms. The highest BCUT2D eigenvalue weighted by atomic mass is 32.1. The lowest BCUT2D eigenvalue weighted by Crippen LogP contribution is -1.82. The van der Waals surface area contributed by atoms with Gasteiger partial charge < -0.3 is 0 Å². The van der Waals surface area contributed by atoms with Crippen LogP contribution in [0.2, 0.25) is 0 Å². The Balaban J connectivity index is 0.000000162. The highest BCUT2D eigenvalue weighted by molar-refractivity contribution is 7.32. The molecule has 0 aliphatic heterocycles. The van der Waals surface area contributed by atoms with Gasteiger partial charge in [-0.2, -0.15) is 0 Å². The first-order valence-electron chi connectivity index (χ1n) is 26.5. The Kier molecular flexibility index (Phi) is 17.5. The van der Waals surface area contributed by atoms with Crippen LogP contribution in [0.3, 0.4) is 0 Å². The molecule has 12 heteroatoms. The van der Waals surface area contributed by atoms with Gasteiger partial charge in [-0.1, -0.05) is 55.4 Å². The maximum absolute atomic E-state index is 2.45. The Hall–Kier alpha value is -3.60. The van der Waals surface area contributed by atoms with Crippen molar-refractivity contribution in [1.29, 1.82) is 0 Å². The van der Waals surface area contributed by atoms with E-state index in [1.54, 1.807) is 0 Å². The molecule has 0 N–H and O–H groups in total. The van der Waals surface area contributed by atoms with E-state index in [2.05, 4.69) is 177 Å². The second-order valence-corrected chi connectivity index (χ2v) is 31.6. The minimum Gasteiger partial charge on any atom is -0.139 e. The van der Waals surface area contributed by atoms with Crippen LogP contribution in [0.1, 0.15) is 97.2 Å². The van der Waals surface area contributed by atoms with Crippen LogP contribution in [0.25, 0.3) is 97.5 Å². The zero-order valence-corrected chi connectivity index (χ0v) is 53.9. The molecule has 76 heavy (non-hydrogen) atoms. The lowest BCUT2D eigenvalue weighted by Gasteiger charge is -2.01. The average Bonchev–Trinajstić information content (AvgIpc) is 4.31. The van der Waals surface area contributed by atoms with Crippen LogP contribution in [-0.2, 0) is 51.4 Å². The number of thiophene rings is 12. The molecule has 0 nitrogen and oxygen atoms in total. The maximum Gasteiger partial charge on any atom is 0.0484 e. The Morgan fingerprint density at radius 2 is 0.382 bits per heavy atom. The van der Waals surface area contributed by atoms with Crippen molar-refractivity contribution in [3.05, 3.63) is 163 Å². The molecule has 0 radical (unpaired) electrons. The van der Waals surface area contributed by atoms with Gasteiger partial charge in [-0.3, -0.25) is 0 Å². The molecule has 0 unspecified atom stereocenters. The Morgan fingerprint density at radius 1 is 0.184 bits per heavy atom. The van der Waals surface area contributed by atoms with Gasteiger partial charge in [-0.15, -0.1) is 136 Å². The van der Waals surface area contributed by atoms with Gasteiger partial charge >= 0.3 is 0 Å². The van der Waals surface area contributed by atoms with E-state index in [0.29, 0.717) is 0 Å². The smallest absolute Gasteiger partial charge is 0.0484 e. The van der Waals surface area contributed by atoms with E-state index in [-0.39, 0.29) is 0 Å². The van der Waals surface area contributed by atoms with Crippen LogP contribution in [0.15, 0.2) is 121 Å². The first-order chi connectivity index (χ1) is 37.2. The highest BCUT2D eigenvalue weighted by Crippen LogP contribution is 2.51. The van der Waals surface area contributed by atoms with E-state index in [1.165, 1.54) is 139 Å². The summed E-state index contributed by atoms with van der Waals surface area (Å²) >= 11 is 23.4. The summed E-state index contributed by atoms with van der Waals surface area (Å²) < 4.78 is 0. The molecule has 0 saturated carbocycles. The van der Waals surface area contributed by atoms with Gasteiger partial charge in [0.1, 0.15) is 0 Å². The van der Waals surface area contributed by atoms with Gasteiger partial charge in [0, 0.05) is 117 Å². The molecular weight excluding hydrogens is 1150 g/mol. The Bertz CT molecular complexity index is 3600. The fourth-order valence-electron chi connectivity index (χ4n) is 9.24. The van der Waals surface area contributed by atoms with E-state index >= 15 is 0 Å². The highest BCUT2D eigenvalue weighted by Gasteiger charge is 2.22. The zero-order chi connectivity index (χ0) is 52.5. The normalized spacial score (nSPS) is 11.6. The lowest BCUT2D eigenvalue weighted by atomic mass is 10.1. The minimum atomic E-state index is 1.06. The summed E-state index contributed by atoms with van der Waals surface area (Å²) in [4.78, 5) is 34.0. The Labute approximate surface area is 498 Å². The third-order valence-corrected chi connectivity index (χ3v) is 29.4. The molecule has 0 bridgehead atoms. The van der Waals surface area contributed by atoms with Crippen LogP contribution in [0.4, 0.5) is 0 Å². The molecule has 12 aromatic rings. The van der Waals surface area contributed by atoms with Gasteiger partial charge in [0.05, 0.1) is 0 Å². The average molecular weight is 1210 g/mol. The molecule has 12 aromatic heterocycles. The van der Waals surface area contributed by atoms with Gasteiger partial charge in [0.2, 0.25) is 0 Å². The van der Waals surface area contributed by atoms with E-state index in [1.807, 2.05) is 136 Å². The third-order valence-electron chi connectivity index (χ3n) is 13.6.